The van der Waals surface area contributed by atoms with Crippen LogP contribution >= 0.6 is 31.9 Å². The second kappa shape index (κ2) is 11.6. The van der Waals surface area contributed by atoms with Gasteiger partial charge in [0.2, 0.25) is 0 Å². The zero-order chi connectivity index (χ0) is 23.8. The summed E-state index contributed by atoms with van der Waals surface area (Å²) >= 11 is 6.90. The predicted octanol–water partition coefficient (Wildman–Crippen LogP) is 5.96. The Balaban J connectivity index is 1.72. The van der Waals surface area contributed by atoms with Crippen LogP contribution in [-0.4, -0.2) is 18.7 Å². The van der Waals surface area contributed by atoms with Crippen LogP contribution in [0.3, 0.4) is 0 Å². The predicted molar refractivity (Wildman–Crippen MR) is 130 cm³/mol. The fourth-order valence-corrected chi connectivity index (χ4v) is 3.63. The van der Waals surface area contributed by atoms with E-state index in [1.165, 1.54) is 18.3 Å². The van der Waals surface area contributed by atoms with Crippen LogP contribution in [0.25, 0.3) is 0 Å². The number of hydrazone groups is 1. The third-order valence-electron chi connectivity index (χ3n) is 4.35. The van der Waals surface area contributed by atoms with Crippen LogP contribution in [0.4, 0.5) is 4.39 Å². The van der Waals surface area contributed by atoms with E-state index in [1.54, 1.807) is 12.1 Å². The number of amides is 1. The van der Waals surface area contributed by atoms with E-state index in [0.29, 0.717) is 34.7 Å². The van der Waals surface area contributed by atoms with Crippen LogP contribution in [-0.2, 0) is 6.61 Å². The second-order valence-corrected chi connectivity index (χ2v) is 8.45. The first-order valence-electron chi connectivity index (χ1n) is 9.78. The highest BCUT2D eigenvalue weighted by Crippen LogP contribution is 2.37. The zero-order valence-electron chi connectivity index (χ0n) is 17.4. The van der Waals surface area contributed by atoms with Crippen LogP contribution in [0.15, 0.2) is 68.6 Å². The average molecular weight is 575 g/mol. The largest absolute Gasteiger partial charge is 0.490 e. The van der Waals surface area contributed by atoms with E-state index in [2.05, 4.69) is 42.4 Å². The van der Waals surface area contributed by atoms with Gasteiger partial charge in [-0.05, 0) is 76.4 Å². The maximum Gasteiger partial charge on any atom is 0.274 e. The minimum atomic E-state index is -0.796. The van der Waals surface area contributed by atoms with E-state index in [1.807, 2.05) is 37.3 Å². The lowest BCUT2D eigenvalue weighted by molar-refractivity contribution is 0.0951. The Morgan fingerprint density at radius 2 is 1.91 bits per heavy atom. The fraction of sp³-hybridized carbons (Fsp3) is 0.125. The molecule has 1 N–H and O–H groups in total. The molecule has 0 aliphatic carbocycles. The third-order valence-corrected chi connectivity index (χ3v) is 5.47. The summed E-state index contributed by atoms with van der Waals surface area (Å²) in [5, 5.41) is 12.7. The monoisotopic (exact) mass is 573 g/mol. The van der Waals surface area contributed by atoms with Crippen LogP contribution in [0, 0.1) is 17.1 Å². The molecule has 0 atom stereocenters. The van der Waals surface area contributed by atoms with Gasteiger partial charge in [0, 0.05) is 4.47 Å². The standard InChI is InChI=1S/C24H18Br2FN3O3/c1-2-32-22-11-17(9-20(26)23(22)33-14-15-3-6-18(25)7-4-15)13-29-30-24(31)19-8-5-16(12-28)10-21(19)27/h3-11,13H,2,14H2,1H3,(H,30,31)/b29-13-. The van der Waals surface area contributed by atoms with Gasteiger partial charge in [-0.15, -0.1) is 0 Å². The van der Waals surface area contributed by atoms with Gasteiger partial charge in [-0.1, -0.05) is 28.1 Å². The molecule has 6 nitrogen and oxygen atoms in total. The topological polar surface area (TPSA) is 83.7 Å². The summed E-state index contributed by atoms with van der Waals surface area (Å²) in [5.74, 6) is -0.474. The quantitative estimate of drug-likeness (QED) is 0.265. The number of hydrogen-bond acceptors (Lipinski definition) is 5. The lowest BCUT2D eigenvalue weighted by atomic mass is 10.1. The summed E-state index contributed by atoms with van der Waals surface area (Å²) < 4.78 is 27.3. The molecule has 3 rings (SSSR count). The molecule has 1 amide bonds. The molecule has 0 unspecified atom stereocenters. The molecule has 0 aliphatic heterocycles. The first kappa shape index (κ1) is 24.4. The maximum atomic E-state index is 14.0. The van der Waals surface area contributed by atoms with Crippen molar-refractivity contribution in [3.8, 4) is 17.6 Å². The number of rotatable bonds is 8. The fourth-order valence-electron chi connectivity index (χ4n) is 2.80. The maximum absolute atomic E-state index is 14.0. The summed E-state index contributed by atoms with van der Waals surface area (Å²) in [6.45, 7) is 2.64. The number of nitrogens with one attached hydrogen (secondary N) is 1. The van der Waals surface area contributed by atoms with E-state index in [0.717, 1.165) is 16.1 Å². The Hall–Kier alpha value is -3.22. The van der Waals surface area contributed by atoms with Crippen molar-refractivity contribution in [3.05, 3.63) is 91.6 Å². The number of ether oxygens (including phenoxy) is 2. The van der Waals surface area contributed by atoms with Crippen LogP contribution in [0.5, 0.6) is 11.5 Å². The van der Waals surface area contributed by atoms with Crippen molar-refractivity contribution in [1.82, 2.24) is 5.43 Å². The van der Waals surface area contributed by atoms with E-state index in [9.17, 15) is 9.18 Å². The number of nitrogens with zero attached hydrogens (tertiary/aromatic N) is 2. The Labute approximate surface area is 207 Å². The molecule has 0 bridgehead atoms. The normalized spacial score (nSPS) is 10.6. The van der Waals surface area contributed by atoms with E-state index in [-0.39, 0.29) is 11.1 Å². The van der Waals surface area contributed by atoms with Crippen molar-refractivity contribution >= 4 is 44.0 Å². The van der Waals surface area contributed by atoms with Crippen LogP contribution < -0.4 is 14.9 Å². The van der Waals surface area contributed by atoms with Gasteiger partial charge in [-0.25, -0.2) is 9.82 Å². The molecule has 168 valence electrons. The Morgan fingerprint density at radius 1 is 1.15 bits per heavy atom. The molecule has 3 aromatic carbocycles. The van der Waals surface area contributed by atoms with E-state index >= 15 is 0 Å². The Bertz CT molecular complexity index is 1220. The van der Waals surface area contributed by atoms with Crippen molar-refractivity contribution < 1.29 is 18.7 Å². The van der Waals surface area contributed by atoms with Gasteiger partial charge in [-0.2, -0.15) is 10.4 Å². The van der Waals surface area contributed by atoms with Crippen molar-refractivity contribution in [2.24, 2.45) is 5.10 Å². The van der Waals surface area contributed by atoms with E-state index in [4.69, 9.17) is 14.7 Å². The van der Waals surface area contributed by atoms with Gasteiger partial charge in [0.1, 0.15) is 12.4 Å². The molecule has 9 heteroatoms. The minimum Gasteiger partial charge on any atom is -0.490 e. The Morgan fingerprint density at radius 3 is 2.58 bits per heavy atom. The Kier molecular flexibility index (Phi) is 8.58. The molecule has 0 saturated carbocycles. The summed E-state index contributed by atoms with van der Waals surface area (Å²) in [6, 6.07) is 16.7. The molecule has 33 heavy (non-hydrogen) atoms. The minimum absolute atomic E-state index is 0.128. The number of hydrogen-bond donors (Lipinski definition) is 1. The first-order valence-corrected chi connectivity index (χ1v) is 11.4. The second-order valence-electron chi connectivity index (χ2n) is 6.68. The lowest BCUT2D eigenvalue weighted by Gasteiger charge is -2.14. The lowest BCUT2D eigenvalue weighted by Crippen LogP contribution is -2.19. The summed E-state index contributed by atoms with van der Waals surface area (Å²) in [4.78, 5) is 12.2. The van der Waals surface area contributed by atoms with Gasteiger partial charge >= 0.3 is 0 Å². The first-order chi connectivity index (χ1) is 15.9. The van der Waals surface area contributed by atoms with Crippen molar-refractivity contribution in [1.29, 1.82) is 5.26 Å². The molecule has 0 fully saturated rings. The highest BCUT2D eigenvalue weighted by molar-refractivity contribution is 9.10. The van der Waals surface area contributed by atoms with Gasteiger partial charge in [-0.3, -0.25) is 4.79 Å². The molecule has 0 saturated heterocycles. The molecule has 0 radical (unpaired) electrons. The number of carbonyl (C=O) groups is 1. The number of halogens is 3. The van der Waals surface area contributed by atoms with Crippen molar-refractivity contribution in [2.75, 3.05) is 6.61 Å². The summed E-state index contributed by atoms with van der Waals surface area (Å²) in [5.41, 5.74) is 3.82. The zero-order valence-corrected chi connectivity index (χ0v) is 20.6. The molecule has 3 aromatic rings. The van der Waals surface area contributed by atoms with E-state index < -0.39 is 11.7 Å². The average Bonchev–Trinajstić information content (AvgIpc) is 2.79. The van der Waals surface area contributed by atoms with Gasteiger partial charge in [0.15, 0.2) is 11.5 Å². The molecular weight excluding hydrogens is 557 g/mol. The van der Waals surface area contributed by atoms with Crippen molar-refractivity contribution in [2.45, 2.75) is 13.5 Å². The van der Waals surface area contributed by atoms with Crippen LogP contribution in [0.2, 0.25) is 0 Å². The number of nitriles is 1. The van der Waals surface area contributed by atoms with Crippen LogP contribution in [0.1, 0.15) is 34.0 Å². The SMILES string of the molecule is CCOc1cc(/C=N\NC(=O)c2ccc(C#N)cc2F)cc(Br)c1OCc1ccc(Br)cc1. The number of carbonyl (C=O) groups excluding carboxylic acids is 1. The summed E-state index contributed by atoms with van der Waals surface area (Å²) in [7, 11) is 0. The summed E-state index contributed by atoms with van der Waals surface area (Å²) in [6.07, 6.45) is 1.41. The molecule has 0 heterocycles. The number of benzene rings is 3. The molecule has 0 aliphatic rings. The van der Waals surface area contributed by atoms with Gasteiger partial charge in [0.25, 0.3) is 5.91 Å². The smallest absolute Gasteiger partial charge is 0.274 e. The van der Waals surface area contributed by atoms with Crippen molar-refractivity contribution in [3.63, 3.8) is 0 Å². The molecule has 0 spiro atoms. The molecular formula is C24H18Br2FN3O3. The third kappa shape index (κ3) is 6.63. The van der Waals surface area contributed by atoms with Gasteiger partial charge < -0.3 is 9.47 Å². The highest BCUT2D eigenvalue weighted by atomic mass is 79.9. The highest BCUT2D eigenvalue weighted by Gasteiger charge is 2.14. The van der Waals surface area contributed by atoms with Gasteiger partial charge in [0.05, 0.1) is 34.5 Å². The molecule has 0 aromatic heterocycles.